The number of nitrogens with zero attached hydrogens (tertiary/aromatic N) is 1. The zero-order valence-corrected chi connectivity index (χ0v) is 10.7. The first-order valence-corrected chi connectivity index (χ1v) is 6.39. The molecule has 0 aromatic rings. The van der Waals surface area contributed by atoms with E-state index in [0.717, 1.165) is 12.8 Å². The van der Waals surface area contributed by atoms with Crippen molar-refractivity contribution in [3.05, 3.63) is 0 Å². The van der Waals surface area contributed by atoms with E-state index in [1.807, 2.05) is 4.90 Å². The Balaban J connectivity index is 2.32. The molecule has 0 spiro atoms. The van der Waals surface area contributed by atoms with E-state index in [1.165, 1.54) is 12.8 Å². The van der Waals surface area contributed by atoms with Crippen molar-refractivity contribution >= 4 is 5.91 Å². The van der Waals surface area contributed by atoms with Crippen LogP contribution in [0.1, 0.15) is 25.7 Å². The van der Waals surface area contributed by atoms with Gasteiger partial charge in [-0.3, -0.25) is 4.79 Å². The summed E-state index contributed by atoms with van der Waals surface area (Å²) in [5, 5.41) is 12.1. The normalized spacial score (nSPS) is 16.4. The first-order valence-electron chi connectivity index (χ1n) is 6.39. The van der Waals surface area contributed by atoms with Crippen LogP contribution in [0.2, 0.25) is 0 Å². The molecule has 0 aromatic heterocycles. The summed E-state index contributed by atoms with van der Waals surface area (Å²) < 4.78 is 4.90. The molecule has 0 radical (unpaired) electrons. The molecule has 0 aliphatic heterocycles. The number of hydrogen-bond acceptors (Lipinski definition) is 4. The third-order valence-corrected chi connectivity index (χ3v) is 3.19. The lowest BCUT2D eigenvalue weighted by Gasteiger charge is -2.28. The van der Waals surface area contributed by atoms with E-state index in [2.05, 4.69) is 5.32 Å². The lowest BCUT2D eigenvalue weighted by molar-refractivity contribution is -0.133. The predicted molar refractivity (Wildman–Crippen MR) is 65.8 cm³/mol. The molecule has 0 atom stereocenters. The molecule has 1 amide bonds. The van der Waals surface area contributed by atoms with Crippen molar-refractivity contribution in [1.82, 2.24) is 10.2 Å². The van der Waals surface area contributed by atoms with Crippen molar-refractivity contribution in [1.29, 1.82) is 0 Å². The second kappa shape index (κ2) is 8.44. The Hall–Kier alpha value is -0.650. The highest BCUT2D eigenvalue weighted by molar-refractivity contribution is 5.78. The van der Waals surface area contributed by atoms with Gasteiger partial charge in [-0.15, -0.1) is 0 Å². The molecule has 100 valence electrons. The third-order valence-electron chi connectivity index (χ3n) is 3.19. The second-order valence-electron chi connectivity index (χ2n) is 4.42. The van der Waals surface area contributed by atoms with Gasteiger partial charge in [0.25, 0.3) is 0 Å². The predicted octanol–water partition coefficient (Wildman–Crippen LogP) is -0.0141. The number of aliphatic hydroxyl groups excluding tert-OH is 1. The largest absolute Gasteiger partial charge is 0.395 e. The average Bonchev–Trinajstić information content (AvgIpc) is 2.85. The lowest BCUT2D eigenvalue weighted by Crippen LogP contribution is -2.45. The Morgan fingerprint density at radius 3 is 2.76 bits per heavy atom. The maximum Gasteiger partial charge on any atom is 0.236 e. The summed E-state index contributed by atoms with van der Waals surface area (Å²) >= 11 is 0. The molecule has 1 saturated carbocycles. The van der Waals surface area contributed by atoms with E-state index < -0.39 is 0 Å². The maximum absolute atomic E-state index is 12.0. The summed E-state index contributed by atoms with van der Waals surface area (Å²) in [6.45, 7) is 2.12. The van der Waals surface area contributed by atoms with Gasteiger partial charge in [0.2, 0.25) is 5.91 Å². The molecule has 0 bridgehead atoms. The van der Waals surface area contributed by atoms with E-state index in [9.17, 15) is 4.79 Å². The number of aliphatic hydroxyl groups is 1. The van der Waals surface area contributed by atoms with E-state index in [0.29, 0.717) is 32.3 Å². The van der Waals surface area contributed by atoms with Crippen LogP contribution in [0.25, 0.3) is 0 Å². The van der Waals surface area contributed by atoms with Crippen LogP contribution in [-0.2, 0) is 9.53 Å². The average molecular weight is 244 g/mol. The third kappa shape index (κ3) is 5.02. The zero-order chi connectivity index (χ0) is 12.5. The summed E-state index contributed by atoms with van der Waals surface area (Å²) in [5.74, 6) is 0.0852. The van der Waals surface area contributed by atoms with Crippen molar-refractivity contribution in [3.8, 4) is 0 Å². The van der Waals surface area contributed by atoms with Crippen molar-refractivity contribution in [2.45, 2.75) is 31.7 Å². The molecule has 0 aromatic carbocycles. The van der Waals surface area contributed by atoms with Crippen LogP contribution in [0.4, 0.5) is 0 Å². The Kier molecular flexibility index (Phi) is 7.16. The smallest absolute Gasteiger partial charge is 0.236 e. The second-order valence-corrected chi connectivity index (χ2v) is 4.42. The minimum Gasteiger partial charge on any atom is -0.395 e. The van der Waals surface area contributed by atoms with Gasteiger partial charge >= 0.3 is 0 Å². The summed E-state index contributed by atoms with van der Waals surface area (Å²) in [5.41, 5.74) is 0. The topological polar surface area (TPSA) is 61.8 Å². The van der Waals surface area contributed by atoms with Crippen molar-refractivity contribution in [3.63, 3.8) is 0 Å². The molecule has 17 heavy (non-hydrogen) atoms. The molecule has 2 N–H and O–H groups in total. The van der Waals surface area contributed by atoms with Crippen LogP contribution >= 0.6 is 0 Å². The molecule has 1 rings (SSSR count). The molecule has 0 heterocycles. The number of carbonyl (C=O) groups excluding carboxylic acids is 1. The highest BCUT2D eigenvalue weighted by atomic mass is 16.5. The van der Waals surface area contributed by atoms with Crippen LogP contribution in [-0.4, -0.2) is 61.9 Å². The number of carbonyl (C=O) groups is 1. The molecule has 1 aliphatic carbocycles. The van der Waals surface area contributed by atoms with Gasteiger partial charge in [0, 0.05) is 26.2 Å². The highest BCUT2D eigenvalue weighted by Gasteiger charge is 2.25. The number of nitrogens with one attached hydrogen (secondary N) is 1. The molecule has 1 fully saturated rings. The molecular weight excluding hydrogens is 220 g/mol. The number of methoxy groups -OCH3 is 1. The summed E-state index contributed by atoms with van der Waals surface area (Å²) in [4.78, 5) is 13.8. The molecule has 5 nitrogen and oxygen atoms in total. The van der Waals surface area contributed by atoms with Crippen molar-refractivity contribution < 1.29 is 14.6 Å². The highest BCUT2D eigenvalue weighted by Crippen LogP contribution is 2.23. The van der Waals surface area contributed by atoms with Crippen LogP contribution in [0, 0.1) is 0 Å². The van der Waals surface area contributed by atoms with Crippen LogP contribution < -0.4 is 5.32 Å². The van der Waals surface area contributed by atoms with Crippen LogP contribution in [0.3, 0.4) is 0 Å². The van der Waals surface area contributed by atoms with E-state index in [-0.39, 0.29) is 12.5 Å². The summed E-state index contributed by atoms with van der Waals surface area (Å²) in [6.07, 6.45) is 4.53. The number of ether oxygens (including phenoxy) is 1. The van der Waals surface area contributed by atoms with Gasteiger partial charge in [0.05, 0.1) is 19.8 Å². The van der Waals surface area contributed by atoms with Crippen molar-refractivity contribution in [2.75, 3.05) is 40.0 Å². The van der Waals surface area contributed by atoms with Gasteiger partial charge in [-0.25, -0.2) is 0 Å². The van der Waals surface area contributed by atoms with Gasteiger partial charge < -0.3 is 20.1 Å². The fourth-order valence-corrected chi connectivity index (χ4v) is 2.31. The standard InChI is InChI=1S/C12H24N2O3/c1-17-9-6-13-10-12(16)14(7-8-15)11-4-2-3-5-11/h11,13,15H,2-10H2,1H3. The molecule has 0 saturated heterocycles. The fourth-order valence-electron chi connectivity index (χ4n) is 2.31. The Morgan fingerprint density at radius 1 is 1.47 bits per heavy atom. The fraction of sp³-hybridized carbons (Fsp3) is 0.917. The van der Waals surface area contributed by atoms with Gasteiger partial charge in [0.15, 0.2) is 0 Å². The Labute approximate surface area is 103 Å². The van der Waals surface area contributed by atoms with Gasteiger partial charge in [-0.1, -0.05) is 12.8 Å². The Morgan fingerprint density at radius 2 is 2.18 bits per heavy atom. The number of rotatable bonds is 8. The summed E-state index contributed by atoms with van der Waals surface area (Å²) in [7, 11) is 1.64. The minimum absolute atomic E-state index is 0.0420. The van der Waals surface area contributed by atoms with Crippen LogP contribution in [0.5, 0.6) is 0 Å². The van der Waals surface area contributed by atoms with E-state index >= 15 is 0 Å². The number of amides is 1. The quantitative estimate of drug-likeness (QED) is 0.589. The first kappa shape index (κ1) is 14.4. The van der Waals surface area contributed by atoms with Gasteiger partial charge in [-0.05, 0) is 12.8 Å². The zero-order valence-electron chi connectivity index (χ0n) is 10.7. The molecule has 1 aliphatic rings. The van der Waals surface area contributed by atoms with Gasteiger partial charge in [-0.2, -0.15) is 0 Å². The van der Waals surface area contributed by atoms with E-state index in [4.69, 9.17) is 9.84 Å². The summed E-state index contributed by atoms with van der Waals surface area (Å²) in [6, 6.07) is 0.332. The molecule has 5 heteroatoms. The van der Waals surface area contributed by atoms with E-state index in [1.54, 1.807) is 7.11 Å². The first-order chi connectivity index (χ1) is 8.29. The molecular formula is C12H24N2O3. The maximum atomic E-state index is 12.0. The van der Waals surface area contributed by atoms with Crippen LogP contribution in [0.15, 0.2) is 0 Å². The SMILES string of the molecule is COCCNCC(=O)N(CCO)C1CCCC1. The number of hydrogen-bond donors (Lipinski definition) is 2. The van der Waals surface area contributed by atoms with Gasteiger partial charge in [0.1, 0.15) is 0 Å². The Bertz CT molecular complexity index is 218. The van der Waals surface area contributed by atoms with Crippen molar-refractivity contribution in [2.24, 2.45) is 0 Å². The minimum atomic E-state index is 0.0420. The molecule has 0 unspecified atom stereocenters. The lowest BCUT2D eigenvalue weighted by atomic mass is 10.2. The monoisotopic (exact) mass is 244 g/mol.